The summed E-state index contributed by atoms with van der Waals surface area (Å²) in [5.41, 5.74) is 1.58. The van der Waals surface area contributed by atoms with Crippen molar-refractivity contribution in [3.8, 4) is 5.75 Å². The number of hydrogen-bond donors (Lipinski definition) is 0. The van der Waals surface area contributed by atoms with Gasteiger partial charge in [0.25, 0.3) is 0 Å². The van der Waals surface area contributed by atoms with E-state index in [0.29, 0.717) is 5.41 Å². The highest BCUT2D eigenvalue weighted by atomic mass is 32.2. The Balaban J connectivity index is 1.42. The third-order valence-corrected chi connectivity index (χ3v) is 7.50. The Bertz CT molecular complexity index is 970. The minimum atomic E-state index is 0.615. The lowest BCUT2D eigenvalue weighted by molar-refractivity contribution is 0.225. The molecule has 1 aromatic carbocycles. The molecule has 1 aliphatic heterocycles. The van der Waals surface area contributed by atoms with Gasteiger partial charge < -0.3 is 9.64 Å². The molecule has 1 aliphatic carbocycles. The molecule has 1 saturated heterocycles. The van der Waals surface area contributed by atoms with E-state index in [1.165, 1.54) is 38.5 Å². The van der Waals surface area contributed by atoms with Gasteiger partial charge in [0.2, 0.25) is 5.95 Å². The van der Waals surface area contributed by atoms with Gasteiger partial charge in [-0.25, -0.2) is 9.97 Å². The number of benzene rings is 1. The molecule has 3 heterocycles. The third-order valence-electron chi connectivity index (χ3n) is 6.43. The van der Waals surface area contributed by atoms with Crippen LogP contribution >= 0.6 is 11.8 Å². The van der Waals surface area contributed by atoms with Crippen LogP contribution in [0.15, 0.2) is 52.6 Å². The molecule has 0 bridgehead atoms. The molecule has 0 amide bonds. The second-order valence-corrected chi connectivity index (χ2v) is 9.07. The van der Waals surface area contributed by atoms with Crippen molar-refractivity contribution in [3.05, 3.63) is 42.9 Å². The largest absolute Gasteiger partial charge is 0.496 e. The van der Waals surface area contributed by atoms with E-state index in [-0.39, 0.29) is 0 Å². The second kappa shape index (κ2) is 7.32. The van der Waals surface area contributed by atoms with E-state index < -0.39 is 0 Å². The third kappa shape index (κ3) is 3.13. The molecule has 0 N–H and O–H groups in total. The fourth-order valence-electron chi connectivity index (χ4n) is 4.82. The van der Waals surface area contributed by atoms with E-state index in [1.807, 2.05) is 36.8 Å². The van der Waals surface area contributed by atoms with Crippen molar-refractivity contribution in [2.45, 2.75) is 48.3 Å². The van der Waals surface area contributed by atoms with E-state index >= 15 is 0 Å². The van der Waals surface area contributed by atoms with Crippen LogP contribution < -0.4 is 9.64 Å². The van der Waals surface area contributed by atoms with Crippen LogP contribution in [-0.2, 0) is 0 Å². The Labute approximate surface area is 170 Å². The quantitative estimate of drug-likeness (QED) is 0.619. The Morgan fingerprint density at radius 1 is 1.00 bits per heavy atom. The van der Waals surface area contributed by atoms with Gasteiger partial charge in [0.1, 0.15) is 5.75 Å². The summed E-state index contributed by atoms with van der Waals surface area (Å²) in [4.78, 5) is 14.0. The number of imidazole rings is 1. The first-order valence-corrected chi connectivity index (χ1v) is 11.0. The van der Waals surface area contributed by atoms with E-state index in [4.69, 9.17) is 9.72 Å². The number of methoxy groups -OCH3 is 1. The van der Waals surface area contributed by atoms with E-state index in [1.54, 1.807) is 18.9 Å². The minimum absolute atomic E-state index is 0.615. The molecule has 28 heavy (non-hydrogen) atoms. The number of ether oxygens (including phenoxy) is 1. The van der Waals surface area contributed by atoms with E-state index in [9.17, 15) is 0 Å². The Hall–Kier alpha value is -2.21. The van der Waals surface area contributed by atoms with Crippen LogP contribution in [0.5, 0.6) is 5.75 Å². The fraction of sp³-hybridized carbons (Fsp3) is 0.455. The van der Waals surface area contributed by atoms with Crippen LogP contribution in [0.4, 0.5) is 5.95 Å². The number of hydrogen-bond acceptors (Lipinski definition) is 5. The molecule has 2 aromatic heterocycles. The summed E-state index contributed by atoms with van der Waals surface area (Å²) >= 11 is 1.65. The first-order valence-electron chi connectivity index (χ1n) is 10.2. The fourth-order valence-corrected chi connectivity index (χ4v) is 5.80. The summed E-state index contributed by atoms with van der Waals surface area (Å²) in [5, 5.41) is 0. The Morgan fingerprint density at radius 3 is 2.57 bits per heavy atom. The molecule has 3 aromatic rings. The molecule has 0 unspecified atom stereocenters. The number of nitrogens with zero attached hydrogens (tertiary/aromatic N) is 4. The van der Waals surface area contributed by atoms with Crippen LogP contribution in [0, 0.1) is 5.41 Å². The number of para-hydroxylation sites is 1. The maximum absolute atomic E-state index is 5.50. The van der Waals surface area contributed by atoms with Gasteiger partial charge in [0.05, 0.1) is 16.9 Å². The lowest BCUT2D eigenvalue weighted by Gasteiger charge is -2.39. The SMILES string of the molecule is COc1ccccc1Sc1cnc(N2CCC3(CCCC3)CC2)n2ccnc12. The zero-order valence-corrected chi connectivity index (χ0v) is 17.1. The molecule has 1 spiro atoms. The lowest BCUT2D eigenvalue weighted by Crippen LogP contribution is -2.40. The van der Waals surface area contributed by atoms with Crippen molar-refractivity contribution in [3.63, 3.8) is 0 Å². The topological polar surface area (TPSA) is 42.7 Å². The van der Waals surface area contributed by atoms with Crippen molar-refractivity contribution in [2.75, 3.05) is 25.1 Å². The summed E-state index contributed by atoms with van der Waals surface area (Å²) in [7, 11) is 1.71. The van der Waals surface area contributed by atoms with Crippen molar-refractivity contribution in [2.24, 2.45) is 5.41 Å². The molecular formula is C22H26N4OS. The second-order valence-electron chi connectivity index (χ2n) is 7.99. The number of anilines is 1. The smallest absolute Gasteiger partial charge is 0.211 e. The van der Waals surface area contributed by atoms with Gasteiger partial charge in [-0.3, -0.25) is 4.40 Å². The number of fused-ring (bicyclic) bond motifs is 1. The van der Waals surface area contributed by atoms with Crippen LogP contribution in [0.25, 0.3) is 5.65 Å². The summed E-state index contributed by atoms with van der Waals surface area (Å²) < 4.78 is 7.64. The maximum Gasteiger partial charge on any atom is 0.211 e. The first-order chi connectivity index (χ1) is 13.8. The van der Waals surface area contributed by atoms with Gasteiger partial charge in [-0.15, -0.1) is 0 Å². The molecule has 146 valence electrons. The summed E-state index contributed by atoms with van der Waals surface area (Å²) in [6, 6.07) is 8.08. The van der Waals surface area contributed by atoms with Gasteiger partial charge in [-0.2, -0.15) is 0 Å². The molecule has 2 aliphatic rings. The first kappa shape index (κ1) is 17.9. The monoisotopic (exact) mass is 394 g/mol. The highest BCUT2D eigenvalue weighted by Crippen LogP contribution is 2.46. The van der Waals surface area contributed by atoms with Crippen molar-refractivity contribution in [1.82, 2.24) is 14.4 Å². The summed E-state index contributed by atoms with van der Waals surface area (Å²) in [6.07, 6.45) is 14.1. The van der Waals surface area contributed by atoms with E-state index in [0.717, 1.165) is 40.2 Å². The molecular weight excluding hydrogens is 368 g/mol. The Kier molecular flexibility index (Phi) is 4.67. The molecule has 1 saturated carbocycles. The van der Waals surface area contributed by atoms with Crippen LogP contribution in [0.2, 0.25) is 0 Å². The number of piperidine rings is 1. The Morgan fingerprint density at radius 2 is 1.79 bits per heavy atom. The predicted molar refractivity (Wildman–Crippen MR) is 112 cm³/mol. The van der Waals surface area contributed by atoms with Crippen LogP contribution in [-0.4, -0.2) is 34.6 Å². The molecule has 2 fully saturated rings. The van der Waals surface area contributed by atoms with Gasteiger partial charge >= 0.3 is 0 Å². The molecule has 0 radical (unpaired) electrons. The highest BCUT2D eigenvalue weighted by molar-refractivity contribution is 7.99. The zero-order valence-electron chi connectivity index (χ0n) is 16.3. The predicted octanol–water partition coefficient (Wildman–Crippen LogP) is 5.05. The average molecular weight is 395 g/mol. The standard InChI is InChI=1S/C22H26N4OS/c1-27-17-6-2-3-7-18(17)28-19-16-24-21(26-15-12-23-20(19)26)25-13-10-22(11-14-25)8-4-5-9-22/h2-3,6-7,12,15-16H,4-5,8-11,13-14H2,1H3. The molecule has 5 rings (SSSR count). The normalized spacial score (nSPS) is 18.8. The maximum atomic E-state index is 5.50. The molecule has 6 heteroatoms. The molecule has 0 atom stereocenters. The number of rotatable bonds is 4. The van der Waals surface area contributed by atoms with Gasteiger partial charge in [-0.05, 0) is 43.2 Å². The summed E-state index contributed by atoms with van der Waals surface area (Å²) in [5.74, 6) is 1.89. The van der Waals surface area contributed by atoms with Gasteiger partial charge in [0.15, 0.2) is 5.65 Å². The van der Waals surface area contributed by atoms with Crippen molar-refractivity contribution >= 4 is 23.4 Å². The lowest BCUT2D eigenvalue weighted by atomic mass is 9.77. The van der Waals surface area contributed by atoms with Gasteiger partial charge in [-0.1, -0.05) is 36.7 Å². The number of aromatic nitrogens is 3. The van der Waals surface area contributed by atoms with Crippen LogP contribution in [0.1, 0.15) is 38.5 Å². The minimum Gasteiger partial charge on any atom is -0.496 e. The summed E-state index contributed by atoms with van der Waals surface area (Å²) in [6.45, 7) is 2.19. The van der Waals surface area contributed by atoms with E-state index in [2.05, 4.69) is 20.4 Å². The molecule has 5 nitrogen and oxygen atoms in total. The highest BCUT2D eigenvalue weighted by Gasteiger charge is 2.37. The van der Waals surface area contributed by atoms with Gasteiger partial charge in [0, 0.05) is 31.7 Å². The van der Waals surface area contributed by atoms with Crippen LogP contribution in [0.3, 0.4) is 0 Å². The van der Waals surface area contributed by atoms with Crippen molar-refractivity contribution in [1.29, 1.82) is 0 Å². The zero-order chi connectivity index (χ0) is 19.0. The average Bonchev–Trinajstić information content (AvgIpc) is 3.40. The van der Waals surface area contributed by atoms with Crippen molar-refractivity contribution < 1.29 is 4.74 Å².